The van der Waals surface area contributed by atoms with Crippen molar-refractivity contribution in [2.75, 3.05) is 11.9 Å². The third-order valence-corrected chi connectivity index (χ3v) is 6.54. The molecule has 1 aromatic carbocycles. The van der Waals surface area contributed by atoms with E-state index < -0.39 is 16.3 Å². The molecular formula is C16H22ClN3O3S. The van der Waals surface area contributed by atoms with Crippen LogP contribution in [0.15, 0.2) is 24.3 Å². The van der Waals surface area contributed by atoms with Crippen LogP contribution in [-0.2, 0) is 15.0 Å². The van der Waals surface area contributed by atoms with E-state index in [1.54, 1.807) is 24.3 Å². The zero-order chi connectivity index (χ0) is 17.2. The molecule has 0 spiro atoms. The standard InChI is InChI=1S/C16H22ClN3O3S/c17-12-7-9-13(10-8-12)18-16(21)15-6-3-11-20(15)24(22,23)19-14-4-1-2-5-14/h7-10,14-15,19H,1-6,11H2,(H,18,21). The maximum atomic E-state index is 12.6. The van der Waals surface area contributed by atoms with E-state index in [1.807, 2.05) is 0 Å². The molecule has 1 aliphatic heterocycles. The van der Waals surface area contributed by atoms with Gasteiger partial charge in [-0.1, -0.05) is 24.4 Å². The lowest BCUT2D eigenvalue weighted by Gasteiger charge is -2.25. The first-order valence-electron chi connectivity index (χ1n) is 8.31. The number of hydrogen-bond donors (Lipinski definition) is 2. The molecule has 1 unspecified atom stereocenters. The highest BCUT2D eigenvalue weighted by atomic mass is 35.5. The monoisotopic (exact) mass is 371 g/mol. The second-order valence-corrected chi connectivity index (χ2v) is 8.46. The van der Waals surface area contributed by atoms with Crippen LogP contribution in [0, 0.1) is 0 Å². The smallest absolute Gasteiger partial charge is 0.280 e. The number of nitrogens with zero attached hydrogens (tertiary/aromatic N) is 1. The lowest BCUT2D eigenvalue weighted by molar-refractivity contribution is -0.119. The van der Waals surface area contributed by atoms with E-state index >= 15 is 0 Å². The Hall–Kier alpha value is -1.15. The van der Waals surface area contributed by atoms with Gasteiger partial charge in [0.2, 0.25) is 5.91 Å². The van der Waals surface area contributed by atoms with Gasteiger partial charge in [0.1, 0.15) is 6.04 Å². The molecule has 1 atom stereocenters. The maximum absolute atomic E-state index is 12.6. The van der Waals surface area contributed by atoms with Crippen LogP contribution in [0.5, 0.6) is 0 Å². The fraction of sp³-hybridized carbons (Fsp3) is 0.562. The summed E-state index contributed by atoms with van der Waals surface area (Å²) in [6.45, 7) is 0.376. The predicted octanol–water partition coefficient (Wildman–Crippen LogP) is 2.52. The van der Waals surface area contributed by atoms with E-state index in [1.165, 1.54) is 4.31 Å². The molecule has 6 nitrogen and oxygen atoms in total. The number of hydrogen-bond acceptors (Lipinski definition) is 3. The average Bonchev–Trinajstić information content (AvgIpc) is 3.20. The van der Waals surface area contributed by atoms with Crippen LogP contribution in [0.2, 0.25) is 5.02 Å². The minimum Gasteiger partial charge on any atom is -0.325 e. The van der Waals surface area contributed by atoms with Crippen LogP contribution in [-0.4, -0.2) is 37.3 Å². The van der Waals surface area contributed by atoms with Crippen LogP contribution in [0.3, 0.4) is 0 Å². The van der Waals surface area contributed by atoms with Gasteiger partial charge in [-0.2, -0.15) is 17.4 Å². The van der Waals surface area contributed by atoms with Gasteiger partial charge in [-0.05, 0) is 49.9 Å². The molecule has 3 rings (SSSR count). The van der Waals surface area contributed by atoms with E-state index in [-0.39, 0.29) is 11.9 Å². The molecule has 1 aliphatic carbocycles. The van der Waals surface area contributed by atoms with E-state index in [4.69, 9.17) is 11.6 Å². The number of benzene rings is 1. The molecule has 1 aromatic rings. The summed E-state index contributed by atoms with van der Waals surface area (Å²) in [4.78, 5) is 12.5. The molecule has 24 heavy (non-hydrogen) atoms. The maximum Gasteiger partial charge on any atom is 0.280 e. The highest BCUT2D eigenvalue weighted by Crippen LogP contribution is 2.25. The second-order valence-electron chi connectivity index (χ2n) is 6.37. The molecule has 0 aromatic heterocycles. The zero-order valence-corrected chi connectivity index (χ0v) is 14.9. The fourth-order valence-corrected chi connectivity index (χ4v) is 5.19. The van der Waals surface area contributed by atoms with Gasteiger partial charge < -0.3 is 5.32 Å². The second kappa shape index (κ2) is 7.39. The Labute approximate surface area is 147 Å². The number of carbonyl (C=O) groups excluding carboxylic acids is 1. The van der Waals surface area contributed by atoms with Gasteiger partial charge >= 0.3 is 0 Å². The molecule has 1 amide bonds. The van der Waals surface area contributed by atoms with Crippen molar-refractivity contribution in [1.82, 2.24) is 9.03 Å². The summed E-state index contributed by atoms with van der Waals surface area (Å²) in [6, 6.07) is 6.09. The number of nitrogens with one attached hydrogen (secondary N) is 2. The number of amides is 1. The van der Waals surface area contributed by atoms with Gasteiger partial charge in [0, 0.05) is 23.3 Å². The zero-order valence-electron chi connectivity index (χ0n) is 13.4. The molecule has 2 fully saturated rings. The van der Waals surface area contributed by atoms with Crippen molar-refractivity contribution in [2.45, 2.75) is 50.6 Å². The number of carbonyl (C=O) groups is 1. The van der Waals surface area contributed by atoms with E-state index in [9.17, 15) is 13.2 Å². The topological polar surface area (TPSA) is 78.5 Å². The lowest BCUT2D eigenvalue weighted by Crippen LogP contribution is -2.50. The summed E-state index contributed by atoms with van der Waals surface area (Å²) < 4.78 is 29.3. The first-order valence-corrected chi connectivity index (χ1v) is 10.1. The summed E-state index contributed by atoms with van der Waals surface area (Å²) in [5.41, 5.74) is 0.609. The van der Waals surface area contributed by atoms with E-state index in [0.29, 0.717) is 30.1 Å². The average molecular weight is 372 g/mol. The van der Waals surface area contributed by atoms with Crippen LogP contribution >= 0.6 is 11.6 Å². The molecular weight excluding hydrogens is 350 g/mol. The molecule has 1 saturated heterocycles. The largest absolute Gasteiger partial charge is 0.325 e. The Kier molecular flexibility index (Phi) is 5.44. The van der Waals surface area contributed by atoms with Crippen molar-refractivity contribution in [3.63, 3.8) is 0 Å². The van der Waals surface area contributed by atoms with Crippen molar-refractivity contribution in [1.29, 1.82) is 0 Å². The van der Waals surface area contributed by atoms with Crippen LogP contribution in [0.25, 0.3) is 0 Å². The predicted molar refractivity (Wildman–Crippen MR) is 94.1 cm³/mol. The Morgan fingerprint density at radius 3 is 2.42 bits per heavy atom. The van der Waals surface area contributed by atoms with Crippen molar-refractivity contribution in [3.05, 3.63) is 29.3 Å². The first-order chi connectivity index (χ1) is 11.5. The summed E-state index contributed by atoms with van der Waals surface area (Å²) in [5.74, 6) is -0.299. The van der Waals surface area contributed by atoms with Gasteiger partial charge in [-0.25, -0.2) is 0 Å². The lowest BCUT2D eigenvalue weighted by atomic mass is 10.2. The van der Waals surface area contributed by atoms with Crippen molar-refractivity contribution in [2.24, 2.45) is 0 Å². The summed E-state index contributed by atoms with van der Waals surface area (Å²) in [6.07, 6.45) is 5.06. The number of anilines is 1. The third kappa shape index (κ3) is 4.08. The molecule has 1 saturated carbocycles. The van der Waals surface area contributed by atoms with Gasteiger partial charge in [0.05, 0.1) is 0 Å². The minimum atomic E-state index is -3.64. The van der Waals surface area contributed by atoms with E-state index in [2.05, 4.69) is 10.0 Å². The normalized spacial score (nSPS) is 22.8. The van der Waals surface area contributed by atoms with Crippen LogP contribution < -0.4 is 10.0 Å². The highest BCUT2D eigenvalue weighted by Gasteiger charge is 2.39. The molecule has 1 heterocycles. The van der Waals surface area contributed by atoms with E-state index in [0.717, 1.165) is 25.7 Å². The fourth-order valence-electron chi connectivity index (χ4n) is 3.37. The molecule has 0 radical (unpaired) electrons. The summed E-state index contributed by atoms with van der Waals surface area (Å²) in [7, 11) is -3.64. The SMILES string of the molecule is O=C(Nc1ccc(Cl)cc1)C1CCCN1S(=O)(=O)NC1CCCC1. The molecule has 2 aliphatic rings. The van der Waals surface area contributed by atoms with Gasteiger partial charge in [-0.15, -0.1) is 0 Å². The van der Waals surface area contributed by atoms with Crippen LogP contribution in [0.4, 0.5) is 5.69 Å². The Morgan fingerprint density at radius 1 is 1.08 bits per heavy atom. The molecule has 0 bridgehead atoms. The third-order valence-electron chi connectivity index (χ3n) is 4.60. The molecule has 8 heteroatoms. The highest BCUT2D eigenvalue weighted by molar-refractivity contribution is 7.87. The van der Waals surface area contributed by atoms with Gasteiger partial charge in [0.15, 0.2) is 0 Å². The molecule has 2 N–H and O–H groups in total. The van der Waals surface area contributed by atoms with Gasteiger partial charge in [-0.3, -0.25) is 4.79 Å². The first kappa shape index (κ1) is 17.7. The summed E-state index contributed by atoms with van der Waals surface area (Å²) in [5, 5.41) is 3.36. The Bertz CT molecular complexity index is 687. The number of rotatable bonds is 5. The minimum absolute atomic E-state index is 0.00410. The van der Waals surface area contributed by atoms with Crippen molar-refractivity contribution in [3.8, 4) is 0 Å². The van der Waals surface area contributed by atoms with Crippen LogP contribution in [0.1, 0.15) is 38.5 Å². The number of halogens is 1. The molecule has 132 valence electrons. The summed E-state index contributed by atoms with van der Waals surface area (Å²) >= 11 is 5.83. The van der Waals surface area contributed by atoms with Crippen molar-refractivity contribution >= 4 is 33.4 Å². The Balaban J connectivity index is 1.67. The van der Waals surface area contributed by atoms with Gasteiger partial charge in [0.25, 0.3) is 10.2 Å². The quantitative estimate of drug-likeness (QED) is 0.834. The van der Waals surface area contributed by atoms with Crippen molar-refractivity contribution < 1.29 is 13.2 Å². The Morgan fingerprint density at radius 2 is 1.75 bits per heavy atom.